The van der Waals surface area contributed by atoms with Crippen LogP contribution in [0.5, 0.6) is 11.5 Å². The Kier molecular flexibility index (Phi) is 5.23. The van der Waals surface area contributed by atoms with Gasteiger partial charge in [-0.15, -0.1) is 0 Å². The van der Waals surface area contributed by atoms with Crippen LogP contribution in [-0.2, 0) is 0 Å². The molecular weight excluding hydrogens is 320 g/mol. The van der Waals surface area contributed by atoms with Crippen LogP contribution in [0.2, 0.25) is 0 Å². The maximum Gasteiger partial charge on any atom is 0.252 e. The van der Waals surface area contributed by atoms with Crippen molar-refractivity contribution in [3.8, 4) is 22.8 Å². The predicted octanol–water partition coefficient (Wildman–Crippen LogP) is 1.60. The third-order valence-electron chi connectivity index (χ3n) is 4.53. The van der Waals surface area contributed by atoms with E-state index in [4.69, 9.17) is 9.47 Å². The molecule has 0 aliphatic carbocycles. The van der Waals surface area contributed by atoms with Crippen LogP contribution >= 0.6 is 0 Å². The lowest BCUT2D eigenvalue weighted by Gasteiger charge is -2.34. The number of H-pyrrole nitrogens is 1. The van der Waals surface area contributed by atoms with Crippen LogP contribution in [0.25, 0.3) is 11.3 Å². The molecular formula is C18H24N4O3. The van der Waals surface area contributed by atoms with Crippen molar-refractivity contribution in [2.45, 2.75) is 6.92 Å². The fourth-order valence-electron chi connectivity index (χ4n) is 3.01. The number of hydrogen-bond acceptors (Lipinski definition) is 6. The number of aromatic nitrogens is 2. The first kappa shape index (κ1) is 17.3. The summed E-state index contributed by atoms with van der Waals surface area (Å²) >= 11 is 0. The lowest BCUT2D eigenvalue weighted by atomic mass is 10.1. The second-order valence-corrected chi connectivity index (χ2v) is 5.95. The van der Waals surface area contributed by atoms with Gasteiger partial charge in [-0.2, -0.15) is 0 Å². The average molecular weight is 344 g/mol. The molecule has 0 amide bonds. The number of nitrogens with one attached hydrogen (secondary N) is 1. The van der Waals surface area contributed by atoms with Crippen molar-refractivity contribution < 1.29 is 9.47 Å². The summed E-state index contributed by atoms with van der Waals surface area (Å²) in [4.78, 5) is 24.2. The van der Waals surface area contributed by atoms with Gasteiger partial charge in [-0.25, -0.2) is 4.98 Å². The van der Waals surface area contributed by atoms with Gasteiger partial charge in [-0.1, -0.05) is 6.92 Å². The quantitative estimate of drug-likeness (QED) is 0.888. The Morgan fingerprint density at radius 2 is 1.80 bits per heavy atom. The molecule has 0 saturated carbocycles. The molecule has 1 aliphatic heterocycles. The standard InChI is InChI=1S/C18H24N4O3/c1-4-21-7-9-22(10-8-21)18-19-14(12-17(23)20-18)13-5-6-15(24-2)16(11-13)25-3/h5-6,11-12H,4,7-10H2,1-3H3,(H,19,20,23). The normalized spacial score (nSPS) is 15.2. The highest BCUT2D eigenvalue weighted by molar-refractivity contribution is 5.64. The number of aromatic amines is 1. The number of hydrogen-bond donors (Lipinski definition) is 1. The summed E-state index contributed by atoms with van der Waals surface area (Å²) in [5.41, 5.74) is 1.28. The fourth-order valence-corrected chi connectivity index (χ4v) is 3.01. The molecule has 0 bridgehead atoms. The van der Waals surface area contributed by atoms with Gasteiger partial charge in [0, 0.05) is 37.8 Å². The van der Waals surface area contributed by atoms with Crippen LogP contribution in [-0.4, -0.2) is 61.8 Å². The highest BCUT2D eigenvalue weighted by Gasteiger charge is 2.18. The zero-order valence-corrected chi connectivity index (χ0v) is 14.9. The van der Waals surface area contributed by atoms with E-state index in [-0.39, 0.29) is 5.56 Å². The lowest BCUT2D eigenvalue weighted by Crippen LogP contribution is -2.47. The van der Waals surface area contributed by atoms with Crippen LogP contribution in [0.4, 0.5) is 5.95 Å². The van der Waals surface area contributed by atoms with Gasteiger partial charge in [0.05, 0.1) is 19.9 Å². The van der Waals surface area contributed by atoms with Crippen LogP contribution in [0.3, 0.4) is 0 Å². The van der Waals surface area contributed by atoms with E-state index < -0.39 is 0 Å². The fraction of sp³-hybridized carbons (Fsp3) is 0.444. The second-order valence-electron chi connectivity index (χ2n) is 5.95. The lowest BCUT2D eigenvalue weighted by molar-refractivity contribution is 0.270. The molecule has 7 heteroatoms. The molecule has 3 rings (SSSR count). The van der Waals surface area contributed by atoms with Gasteiger partial charge >= 0.3 is 0 Å². The summed E-state index contributed by atoms with van der Waals surface area (Å²) in [6.45, 7) is 6.86. The SMILES string of the molecule is CCN1CCN(c2nc(-c3ccc(OC)c(OC)c3)cc(=O)[nH]2)CC1. The summed E-state index contributed by atoms with van der Waals surface area (Å²) in [6, 6.07) is 7.03. The maximum absolute atomic E-state index is 12.1. The first-order valence-electron chi connectivity index (χ1n) is 8.45. The minimum absolute atomic E-state index is 0.160. The topological polar surface area (TPSA) is 70.7 Å². The van der Waals surface area contributed by atoms with Crippen molar-refractivity contribution in [1.82, 2.24) is 14.9 Å². The summed E-state index contributed by atoms with van der Waals surface area (Å²) in [5, 5.41) is 0. The summed E-state index contributed by atoms with van der Waals surface area (Å²) < 4.78 is 10.6. The number of benzene rings is 1. The minimum Gasteiger partial charge on any atom is -0.493 e. The third kappa shape index (κ3) is 3.76. The van der Waals surface area contributed by atoms with Crippen molar-refractivity contribution >= 4 is 5.95 Å². The number of rotatable bonds is 5. The van der Waals surface area contributed by atoms with Crippen molar-refractivity contribution in [2.75, 3.05) is 51.8 Å². The van der Waals surface area contributed by atoms with Crippen LogP contribution in [0, 0.1) is 0 Å². The molecule has 1 saturated heterocycles. The minimum atomic E-state index is -0.160. The van der Waals surface area contributed by atoms with E-state index in [2.05, 4.69) is 26.7 Å². The number of anilines is 1. The summed E-state index contributed by atoms with van der Waals surface area (Å²) in [6.07, 6.45) is 0. The maximum atomic E-state index is 12.1. The molecule has 2 heterocycles. The van der Waals surface area contributed by atoms with Crippen molar-refractivity contribution in [3.05, 3.63) is 34.6 Å². The zero-order valence-electron chi connectivity index (χ0n) is 14.9. The molecule has 1 fully saturated rings. The second kappa shape index (κ2) is 7.57. The molecule has 1 N–H and O–H groups in total. The summed E-state index contributed by atoms with van der Waals surface area (Å²) in [7, 11) is 3.18. The van der Waals surface area contributed by atoms with E-state index in [1.165, 1.54) is 6.07 Å². The smallest absolute Gasteiger partial charge is 0.252 e. The number of likely N-dealkylation sites (N-methyl/N-ethyl adjacent to an activating group) is 1. The molecule has 0 unspecified atom stereocenters. The van der Waals surface area contributed by atoms with E-state index in [0.717, 1.165) is 38.3 Å². The van der Waals surface area contributed by atoms with Crippen molar-refractivity contribution in [3.63, 3.8) is 0 Å². The molecule has 7 nitrogen and oxygen atoms in total. The van der Waals surface area contributed by atoms with Gasteiger partial charge in [0.1, 0.15) is 0 Å². The van der Waals surface area contributed by atoms with E-state index in [1.807, 2.05) is 18.2 Å². The Labute approximate surface area is 147 Å². The van der Waals surface area contributed by atoms with E-state index in [9.17, 15) is 4.79 Å². The highest BCUT2D eigenvalue weighted by atomic mass is 16.5. The molecule has 2 aromatic rings. The van der Waals surface area contributed by atoms with Crippen LogP contribution < -0.4 is 19.9 Å². The first-order chi connectivity index (χ1) is 12.1. The van der Waals surface area contributed by atoms with Gasteiger partial charge in [0.15, 0.2) is 11.5 Å². The van der Waals surface area contributed by atoms with Gasteiger partial charge in [0.25, 0.3) is 5.56 Å². The van der Waals surface area contributed by atoms with Crippen LogP contribution in [0.15, 0.2) is 29.1 Å². The molecule has 134 valence electrons. The number of ether oxygens (including phenoxy) is 2. The van der Waals surface area contributed by atoms with E-state index in [0.29, 0.717) is 23.1 Å². The molecule has 25 heavy (non-hydrogen) atoms. The van der Waals surface area contributed by atoms with Gasteiger partial charge in [0.2, 0.25) is 5.95 Å². The van der Waals surface area contributed by atoms with Gasteiger partial charge < -0.3 is 19.3 Å². The zero-order chi connectivity index (χ0) is 17.8. The Hall–Kier alpha value is -2.54. The van der Waals surface area contributed by atoms with E-state index >= 15 is 0 Å². The monoisotopic (exact) mass is 344 g/mol. The largest absolute Gasteiger partial charge is 0.493 e. The molecule has 1 aliphatic rings. The predicted molar refractivity (Wildman–Crippen MR) is 97.7 cm³/mol. The Bertz CT molecular complexity index is 782. The average Bonchev–Trinajstić information content (AvgIpc) is 2.67. The molecule has 1 aromatic heterocycles. The number of methoxy groups -OCH3 is 2. The third-order valence-corrected chi connectivity index (χ3v) is 4.53. The summed E-state index contributed by atoms with van der Waals surface area (Å²) in [5.74, 6) is 1.88. The highest BCUT2D eigenvalue weighted by Crippen LogP contribution is 2.31. The van der Waals surface area contributed by atoms with Gasteiger partial charge in [-0.3, -0.25) is 9.78 Å². The van der Waals surface area contributed by atoms with E-state index in [1.54, 1.807) is 14.2 Å². The molecule has 0 atom stereocenters. The molecule has 0 radical (unpaired) electrons. The Morgan fingerprint density at radius 1 is 1.08 bits per heavy atom. The number of piperazine rings is 1. The number of nitrogens with zero attached hydrogens (tertiary/aromatic N) is 3. The van der Waals surface area contributed by atoms with Gasteiger partial charge in [-0.05, 0) is 24.7 Å². The Morgan fingerprint density at radius 3 is 2.44 bits per heavy atom. The van der Waals surface area contributed by atoms with Crippen molar-refractivity contribution in [1.29, 1.82) is 0 Å². The van der Waals surface area contributed by atoms with Crippen LogP contribution in [0.1, 0.15) is 6.92 Å². The first-order valence-corrected chi connectivity index (χ1v) is 8.45. The Balaban J connectivity index is 1.91. The van der Waals surface area contributed by atoms with Crippen molar-refractivity contribution in [2.24, 2.45) is 0 Å². The molecule has 1 aromatic carbocycles. The molecule has 0 spiro atoms.